The van der Waals surface area contributed by atoms with Crippen molar-refractivity contribution in [2.24, 2.45) is 0 Å². The maximum Gasteiger partial charge on any atom is 0.128 e. The first-order valence-corrected chi connectivity index (χ1v) is 6.83. The lowest BCUT2D eigenvalue weighted by molar-refractivity contribution is 0.122. The second-order valence-corrected chi connectivity index (χ2v) is 4.72. The molecule has 1 aromatic rings. The van der Waals surface area contributed by atoms with Gasteiger partial charge in [-0.3, -0.25) is 0 Å². The second-order valence-electron chi connectivity index (χ2n) is 4.72. The van der Waals surface area contributed by atoms with Crippen LogP contribution in [-0.2, 0) is 4.74 Å². The zero-order valence-corrected chi connectivity index (χ0v) is 11.4. The molecule has 0 spiro atoms. The average Bonchev–Trinajstić information content (AvgIpc) is 2.46. The molecule has 1 aliphatic heterocycles. The van der Waals surface area contributed by atoms with E-state index in [2.05, 4.69) is 41.2 Å². The van der Waals surface area contributed by atoms with Crippen molar-refractivity contribution in [3.8, 4) is 0 Å². The number of anilines is 1. The summed E-state index contributed by atoms with van der Waals surface area (Å²) >= 11 is 0. The molecule has 1 N–H and O–H groups in total. The summed E-state index contributed by atoms with van der Waals surface area (Å²) in [4.78, 5) is 6.84. The third-order valence-corrected chi connectivity index (χ3v) is 3.31. The van der Waals surface area contributed by atoms with Crippen molar-refractivity contribution in [2.45, 2.75) is 26.3 Å². The van der Waals surface area contributed by atoms with Gasteiger partial charge in [0.2, 0.25) is 0 Å². The topological polar surface area (TPSA) is 37.4 Å². The molecule has 1 aromatic heterocycles. The van der Waals surface area contributed by atoms with Crippen LogP contribution in [0.1, 0.15) is 31.9 Å². The first kappa shape index (κ1) is 13.3. The zero-order chi connectivity index (χ0) is 12.8. The monoisotopic (exact) mass is 249 g/mol. The minimum Gasteiger partial charge on any atom is -0.378 e. The lowest BCUT2D eigenvalue weighted by Gasteiger charge is -2.28. The van der Waals surface area contributed by atoms with Gasteiger partial charge in [0.25, 0.3) is 0 Å². The van der Waals surface area contributed by atoms with Crippen LogP contribution in [0.25, 0.3) is 0 Å². The lowest BCUT2D eigenvalue weighted by atomic mass is 10.1. The summed E-state index contributed by atoms with van der Waals surface area (Å²) in [5, 5.41) is 3.47. The summed E-state index contributed by atoms with van der Waals surface area (Å²) in [5.41, 5.74) is 1.25. The Morgan fingerprint density at radius 1 is 1.39 bits per heavy atom. The van der Waals surface area contributed by atoms with Gasteiger partial charge in [0.05, 0.1) is 13.2 Å². The highest BCUT2D eigenvalue weighted by atomic mass is 16.5. The SMILES string of the molecule is CCCNC(C)c1ccc(N2CCOCC2)nc1. The van der Waals surface area contributed by atoms with Gasteiger partial charge in [0.15, 0.2) is 0 Å². The fourth-order valence-electron chi connectivity index (χ4n) is 2.11. The molecule has 0 aromatic carbocycles. The number of morpholine rings is 1. The number of nitrogens with zero attached hydrogens (tertiary/aromatic N) is 2. The zero-order valence-electron chi connectivity index (χ0n) is 11.4. The molecule has 100 valence electrons. The average molecular weight is 249 g/mol. The van der Waals surface area contributed by atoms with E-state index in [1.807, 2.05) is 6.20 Å². The van der Waals surface area contributed by atoms with Crippen molar-refractivity contribution < 1.29 is 4.74 Å². The van der Waals surface area contributed by atoms with Gasteiger partial charge in [-0.05, 0) is 31.5 Å². The van der Waals surface area contributed by atoms with Gasteiger partial charge in [0.1, 0.15) is 5.82 Å². The number of ether oxygens (including phenoxy) is 1. The van der Waals surface area contributed by atoms with Gasteiger partial charge in [-0.25, -0.2) is 4.98 Å². The minimum atomic E-state index is 0.371. The van der Waals surface area contributed by atoms with Crippen molar-refractivity contribution >= 4 is 5.82 Å². The molecule has 0 aliphatic carbocycles. The van der Waals surface area contributed by atoms with Crippen molar-refractivity contribution in [1.29, 1.82) is 0 Å². The maximum atomic E-state index is 5.35. The van der Waals surface area contributed by atoms with E-state index in [0.717, 1.165) is 45.1 Å². The number of hydrogen-bond acceptors (Lipinski definition) is 4. The van der Waals surface area contributed by atoms with Gasteiger partial charge in [-0.2, -0.15) is 0 Å². The van der Waals surface area contributed by atoms with Crippen molar-refractivity contribution in [3.63, 3.8) is 0 Å². The highest BCUT2D eigenvalue weighted by Crippen LogP contribution is 2.16. The van der Waals surface area contributed by atoms with Crippen LogP contribution in [0.4, 0.5) is 5.82 Å². The van der Waals surface area contributed by atoms with Crippen LogP contribution in [0.5, 0.6) is 0 Å². The largest absolute Gasteiger partial charge is 0.378 e. The second kappa shape index (κ2) is 6.71. The van der Waals surface area contributed by atoms with Crippen LogP contribution in [0.3, 0.4) is 0 Å². The van der Waals surface area contributed by atoms with Crippen LogP contribution < -0.4 is 10.2 Å². The Hall–Kier alpha value is -1.13. The fourth-order valence-corrected chi connectivity index (χ4v) is 2.11. The Labute approximate surface area is 109 Å². The van der Waals surface area contributed by atoms with Gasteiger partial charge in [-0.1, -0.05) is 13.0 Å². The van der Waals surface area contributed by atoms with Crippen LogP contribution in [0.15, 0.2) is 18.3 Å². The molecule has 4 nitrogen and oxygen atoms in total. The molecule has 0 amide bonds. The Bertz CT molecular complexity index is 347. The number of nitrogens with one attached hydrogen (secondary N) is 1. The minimum absolute atomic E-state index is 0.371. The molecule has 1 unspecified atom stereocenters. The van der Waals surface area contributed by atoms with E-state index in [9.17, 15) is 0 Å². The summed E-state index contributed by atoms with van der Waals surface area (Å²) in [6.07, 6.45) is 3.14. The molecule has 1 fully saturated rings. The van der Waals surface area contributed by atoms with E-state index in [4.69, 9.17) is 4.74 Å². The normalized spacial score (nSPS) is 17.8. The summed E-state index contributed by atoms with van der Waals surface area (Å²) < 4.78 is 5.35. The van der Waals surface area contributed by atoms with E-state index in [1.54, 1.807) is 0 Å². The molecule has 1 saturated heterocycles. The van der Waals surface area contributed by atoms with E-state index in [0.29, 0.717) is 6.04 Å². The maximum absolute atomic E-state index is 5.35. The molecule has 4 heteroatoms. The molecule has 18 heavy (non-hydrogen) atoms. The first-order chi connectivity index (χ1) is 8.81. The van der Waals surface area contributed by atoms with Crippen LogP contribution in [0, 0.1) is 0 Å². The van der Waals surface area contributed by atoms with Gasteiger partial charge in [-0.15, -0.1) is 0 Å². The Kier molecular flexibility index (Phi) is 4.96. The summed E-state index contributed by atoms with van der Waals surface area (Å²) in [7, 11) is 0. The fraction of sp³-hybridized carbons (Fsp3) is 0.643. The number of rotatable bonds is 5. The van der Waals surface area contributed by atoms with Crippen LogP contribution in [0.2, 0.25) is 0 Å². The first-order valence-electron chi connectivity index (χ1n) is 6.83. The summed E-state index contributed by atoms with van der Waals surface area (Å²) in [5.74, 6) is 1.06. The molecule has 1 atom stereocenters. The number of hydrogen-bond donors (Lipinski definition) is 1. The van der Waals surface area contributed by atoms with Crippen LogP contribution >= 0.6 is 0 Å². The summed E-state index contributed by atoms with van der Waals surface area (Å²) in [6, 6.07) is 4.66. The number of aromatic nitrogens is 1. The predicted octanol–water partition coefficient (Wildman–Crippen LogP) is 1.98. The molecule has 0 bridgehead atoms. The Morgan fingerprint density at radius 2 is 2.17 bits per heavy atom. The molecule has 2 heterocycles. The van der Waals surface area contributed by atoms with E-state index in [-0.39, 0.29) is 0 Å². The third kappa shape index (κ3) is 3.43. The van der Waals surface area contributed by atoms with Gasteiger partial charge in [0, 0.05) is 25.3 Å². The van der Waals surface area contributed by atoms with Crippen molar-refractivity contribution in [1.82, 2.24) is 10.3 Å². The molecule has 0 radical (unpaired) electrons. The molecular weight excluding hydrogens is 226 g/mol. The quantitative estimate of drug-likeness (QED) is 0.866. The number of pyridine rings is 1. The highest BCUT2D eigenvalue weighted by Gasteiger charge is 2.12. The van der Waals surface area contributed by atoms with E-state index in [1.165, 1.54) is 5.56 Å². The van der Waals surface area contributed by atoms with E-state index < -0.39 is 0 Å². The smallest absolute Gasteiger partial charge is 0.128 e. The standard InChI is InChI=1S/C14H23N3O/c1-3-6-15-12(2)13-4-5-14(16-11-13)17-7-9-18-10-8-17/h4-5,11-12,15H,3,6-10H2,1-2H3. The Morgan fingerprint density at radius 3 is 2.78 bits per heavy atom. The molecule has 1 aliphatic rings. The highest BCUT2D eigenvalue weighted by molar-refractivity contribution is 5.40. The van der Waals surface area contributed by atoms with Gasteiger partial charge >= 0.3 is 0 Å². The van der Waals surface area contributed by atoms with Gasteiger partial charge < -0.3 is 15.0 Å². The summed E-state index contributed by atoms with van der Waals surface area (Å²) in [6.45, 7) is 8.90. The Balaban J connectivity index is 1.95. The molecule has 0 saturated carbocycles. The van der Waals surface area contributed by atoms with Crippen molar-refractivity contribution in [3.05, 3.63) is 23.9 Å². The van der Waals surface area contributed by atoms with E-state index >= 15 is 0 Å². The third-order valence-electron chi connectivity index (χ3n) is 3.31. The molecule has 2 rings (SSSR count). The van der Waals surface area contributed by atoms with Crippen molar-refractivity contribution in [2.75, 3.05) is 37.7 Å². The van der Waals surface area contributed by atoms with Crippen LogP contribution in [-0.4, -0.2) is 37.8 Å². The lowest BCUT2D eigenvalue weighted by Crippen LogP contribution is -2.36. The molecular formula is C14H23N3O. The predicted molar refractivity (Wildman–Crippen MR) is 74.0 cm³/mol.